The first-order valence-corrected chi connectivity index (χ1v) is 11.8. The molecule has 1 aliphatic rings. The molecular formula is C26H26ClN5O2. The lowest BCUT2D eigenvalue weighted by Crippen LogP contribution is -2.46. The Balaban J connectivity index is 1.19. The largest absolute Gasteiger partial charge is 0.466 e. The number of carbonyl (C=O) groups excluding carboxylic acids is 1. The van der Waals surface area contributed by atoms with Crippen LogP contribution in [0.3, 0.4) is 0 Å². The number of nitrogens with zero attached hydrogens (tertiary/aromatic N) is 4. The molecule has 0 aliphatic carbocycles. The Morgan fingerprint density at radius 3 is 2.50 bits per heavy atom. The third kappa shape index (κ3) is 4.84. The fraction of sp³-hybridized carbons (Fsp3) is 0.269. The monoisotopic (exact) mass is 475 g/mol. The number of hydrogen-bond acceptors (Lipinski definition) is 6. The van der Waals surface area contributed by atoms with Gasteiger partial charge in [-0.2, -0.15) is 0 Å². The highest BCUT2D eigenvalue weighted by Crippen LogP contribution is 2.25. The van der Waals surface area contributed by atoms with Crippen molar-refractivity contribution in [1.82, 2.24) is 15.0 Å². The Hall–Kier alpha value is -3.58. The van der Waals surface area contributed by atoms with Crippen molar-refractivity contribution in [3.05, 3.63) is 71.4 Å². The number of carbonyl (C=O) groups is 1. The van der Waals surface area contributed by atoms with Crippen LogP contribution in [0.2, 0.25) is 5.02 Å². The highest BCUT2D eigenvalue weighted by Gasteiger charge is 2.19. The summed E-state index contributed by atoms with van der Waals surface area (Å²) < 4.78 is 5.03. The van der Waals surface area contributed by atoms with Crippen molar-refractivity contribution in [2.24, 2.45) is 0 Å². The van der Waals surface area contributed by atoms with E-state index in [1.54, 1.807) is 0 Å². The summed E-state index contributed by atoms with van der Waals surface area (Å²) >= 11 is 6.08. The number of pyridine rings is 1. The van der Waals surface area contributed by atoms with E-state index in [9.17, 15) is 4.79 Å². The number of nitrogens with one attached hydrogen (secondary N) is 1. The van der Waals surface area contributed by atoms with Crippen molar-refractivity contribution in [2.75, 3.05) is 42.6 Å². The number of anilines is 2. The van der Waals surface area contributed by atoms with Crippen LogP contribution in [0.25, 0.3) is 22.4 Å². The molecule has 34 heavy (non-hydrogen) atoms. The molecule has 1 aliphatic heterocycles. The number of halogens is 1. The first kappa shape index (κ1) is 22.2. The van der Waals surface area contributed by atoms with Crippen molar-refractivity contribution in [2.45, 2.75) is 13.3 Å². The van der Waals surface area contributed by atoms with Crippen molar-refractivity contribution < 1.29 is 9.53 Å². The highest BCUT2D eigenvalue weighted by atomic mass is 35.5. The van der Waals surface area contributed by atoms with Crippen LogP contribution in [0.1, 0.15) is 12.5 Å². The molecule has 7 nitrogen and oxygen atoms in total. The third-order valence-corrected chi connectivity index (χ3v) is 6.26. The second-order valence-electron chi connectivity index (χ2n) is 8.27. The maximum absolute atomic E-state index is 11.7. The normalized spacial score (nSPS) is 13.9. The number of rotatable bonds is 6. The van der Waals surface area contributed by atoms with E-state index in [4.69, 9.17) is 21.3 Å². The number of aromatic amines is 1. The lowest BCUT2D eigenvalue weighted by atomic mass is 10.1. The van der Waals surface area contributed by atoms with Gasteiger partial charge in [0.1, 0.15) is 11.6 Å². The average Bonchev–Trinajstić information content (AvgIpc) is 3.28. The molecule has 5 rings (SSSR count). The standard InChI is InChI=1S/C26H26ClN5O2/c1-2-34-25(33)15-18-3-7-21(8-4-18)31-11-13-32(14-12-31)24-10-5-19(17-28-24)26-29-22-9-6-20(27)16-23(22)30-26/h3-10,16-17H,2,11-15H2,1H3,(H,29,30). The van der Waals surface area contributed by atoms with Crippen LogP contribution in [-0.2, 0) is 16.0 Å². The zero-order valence-electron chi connectivity index (χ0n) is 19.0. The number of imidazole rings is 1. The molecule has 1 N–H and O–H groups in total. The molecule has 0 spiro atoms. The zero-order chi connectivity index (χ0) is 23.5. The number of aromatic nitrogens is 3. The molecule has 8 heteroatoms. The number of fused-ring (bicyclic) bond motifs is 1. The molecule has 1 fully saturated rings. The summed E-state index contributed by atoms with van der Waals surface area (Å²) in [5.41, 5.74) is 4.88. The van der Waals surface area contributed by atoms with Gasteiger partial charge in [0.05, 0.1) is 24.1 Å². The van der Waals surface area contributed by atoms with Gasteiger partial charge in [0.25, 0.3) is 0 Å². The molecule has 4 aromatic rings. The van der Waals surface area contributed by atoms with Crippen LogP contribution in [0, 0.1) is 0 Å². The molecule has 0 amide bonds. The van der Waals surface area contributed by atoms with Gasteiger partial charge in [-0.15, -0.1) is 0 Å². The van der Waals surface area contributed by atoms with Gasteiger partial charge in [-0.3, -0.25) is 4.79 Å². The van der Waals surface area contributed by atoms with Crippen LogP contribution in [0.15, 0.2) is 60.8 Å². The molecule has 0 unspecified atom stereocenters. The predicted octanol–water partition coefficient (Wildman–Crippen LogP) is 4.71. The van der Waals surface area contributed by atoms with E-state index in [0.29, 0.717) is 18.1 Å². The number of piperazine rings is 1. The van der Waals surface area contributed by atoms with E-state index >= 15 is 0 Å². The molecule has 0 saturated carbocycles. The first-order chi connectivity index (χ1) is 16.6. The molecule has 174 valence electrons. The topological polar surface area (TPSA) is 74.3 Å². The Labute approximate surface area is 203 Å². The van der Waals surface area contributed by atoms with Crippen molar-refractivity contribution in [1.29, 1.82) is 0 Å². The van der Waals surface area contributed by atoms with Crippen LogP contribution in [0.5, 0.6) is 0 Å². The maximum Gasteiger partial charge on any atom is 0.310 e. The fourth-order valence-electron chi connectivity index (χ4n) is 4.23. The van der Waals surface area contributed by atoms with Crippen molar-refractivity contribution >= 4 is 40.1 Å². The van der Waals surface area contributed by atoms with Gasteiger partial charge in [-0.1, -0.05) is 23.7 Å². The Morgan fingerprint density at radius 2 is 1.79 bits per heavy atom. The molecule has 2 aromatic carbocycles. The molecular weight excluding hydrogens is 450 g/mol. The summed E-state index contributed by atoms with van der Waals surface area (Å²) in [6.45, 7) is 5.83. The molecule has 2 aromatic heterocycles. The SMILES string of the molecule is CCOC(=O)Cc1ccc(N2CCN(c3ccc(-c4nc5ccc(Cl)cc5[nH]4)cn3)CC2)cc1. The summed E-state index contributed by atoms with van der Waals surface area (Å²) in [5.74, 6) is 1.56. The van der Waals surface area contributed by atoms with Gasteiger partial charge in [0.15, 0.2) is 0 Å². The smallest absolute Gasteiger partial charge is 0.310 e. The van der Waals surface area contributed by atoms with Gasteiger partial charge < -0.3 is 19.5 Å². The Kier molecular flexibility index (Phi) is 6.36. The fourth-order valence-corrected chi connectivity index (χ4v) is 4.40. The van der Waals surface area contributed by atoms with E-state index in [1.807, 2.05) is 43.5 Å². The summed E-state index contributed by atoms with van der Waals surface area (Å²) in [5, 5.41) is 0.683. The van der Waals surface area contributed by atoms with E-state index < -0.39 is 0 Å². The number of hydrogen-bond donors (Lipinski definition) is 1. The lowest BCUT2D eigenvalue weighted by molar-refractivity contribution is -0.142. The summed E-state index contributed by atoms with van der Waals surface area (Å²) in [6.07, 6.45) is 2.18. The molecule has 0 atom stereocenters. The highest BCUT2D eigenvalue weighted by molar-refractivity contribution is 6.31. The minimum Gasteiger partial charge on any atom is -0.466 e. The first-order valence-electron chi connectivity index (χ1n) is 11.5. The second kappa shape index (κ2) is 9.73. The second-order valence-corrected chi connectivity index (χ2v) is 8.71. The van der Waals surface area contributed by atoms with Crippen LogP contribution < -0.4 is 9.80 Å². The quantitative estimate of drug-likeness (QED) is 0.407. The maximum atomic E-state index is 11.7. The Bertz CT molecular complexity index is 1280. The summed E-state index contributed by atoms with van der Waals surface area (Å²) in [4.78, 5) is 29.0. The number of benzene rings is 2. The summed E-state index contributed by atoms with van der Waals surface area (Å²) in [7, 11) is 0. The summed E-state index contributed by atoms with van der Waals surface area (Å²) in [6, 6.07) is 17.9. The van der Waals surface area contributed by atoms with Crippen LogP contribution in [-0.4, -0.2) is 53.7 Å². The zero-order valence-corrected chi connectivity index (χ0v) is 19.8. The van der Waals surface area contributed by atoms with Gasteiger partial charge >= 0.3 is 5.97 Å². The number of H-pyrrole nitrogens is 1. The third-order valence-electron chi connectivity index (χ3n) is 6.02. The molecule has 0 radical (unpaired) electrons. The lowest BCUT2D eigenvalue weighted by Gasteiger charge is -2.36. The molecule has 0 bridgehead atoms. The minimum atomic E-state index is -0.188. The van der Waals surface area contributed by atoms with Gasteiger partial charge in [-0.25, -0.2) is 9.97 Å². The predicted molar refractivity (Wildman–Crippen MR) is 136 cm³/mol. The number of ether oxygens (including phenoxy) is 1. The molecule has 1 saturated heterocycles. The molecule has 3 heterocycles. The van der Waals surface area contributed by atoms with E-state index in [0.717, 1.165) is 60.0 Å². The number of esters is 1. The van der Waals surface area contributed by atoms with Gasteiger partial charge in [0.2, 0.25) is 0 Å². The van der Waals surface area contributed by atoms with Gasteiger partial charge in [0, 0.05) is 48.6 Å². The minimum absolute atomic E-state index is 0.188. The van der Waals surface area contributed by atoms with Crippen LogP contribution >= 0.6 is 11.6 Å². The van der Waals surface area contributed by atoms with E-state index in [2.05, 4.69) is 44.0 Å². The van der Waals surface area contributed by atoms with Gasteiger partial charge in [-0.05, 0) is 55.0 Å². The van der Waals surface area contributed by atoms with E-state index in [1.165, 1.54) is 5.69 Å². The van der Waals surface area contributed by atoms with Crippen LogP contribution in [0.4, 0.5) is 11.5 Å². The van der Waals surface area contributed by atoms with E-state index in [-0.39, 0.29) is 5.97 Å². The Morgan fingerprint density at radius 1 is 1.03 bits per heavy atom. The van der Waals surface area contributed by atoms with Crippen molar-refractivity contribution in [3.8, 4) is 11.4 Å². The average molecular weight is 476 g/mol. The van der Waals surface area contributed by atoms with Crippen molar-refractivity contribution in [3.63, 3.8) is 0 Å².